The molecule has 1 heterocycles. The molecule has 22 heavy (non-hydrogen) atoms. The molecule has 1 amide bonds. The van der Waals surface area contributed by atoms with Gasteiger partial charge in [-0.25, -0.2) is 9.59 Å². The lowest BCUT2D eigenvalue weighted by atomic mass is 10.0. The molecule has 0 aromatic rings. The fourth-order valence-electron chi connectivity index (χ4n) is 2.29. The number of ether oxygens (including phenoxy) is 3. The van der Waals surface area contributed by atoms with Crippen molar-refractivity contribution in [2.45, 2.75) is 45.3 Å². The second kappa shape index (κ2) is 7.67. The molecule has 1 aliphatic rings. The van der Waals surface area contributed by atoms with Gasteiger partial charge in [0.1, 0.15) is 11.6 Å². The zero-order valence-electron chi connectivity index (χ0n) is 13.3. The molecule has 2 atom stereocenters. The second-order valence-corrected chi connectivity index (χ2v) is 6.32. The van der Waals surface area contributed by atoms with Crippen molar-refractivity contribution in [2.75, 3.05) is 19.7 Å². The van der Waals surface area contributed by atoms with Gasteiger partial charge in [-0.2, -0.15) is 0 Å². The van der Waals surface area contributed by atoms with Gasteiger partial charge in [0, 0.05) is 6.54 Å². The summed E-state index contributed by atoms with van der Waals surface area (Å²) in [5, 5.41) is 0. The number of carbonyl (C=O) groups is 3. The Bertz CT molecular complexity index is 434. The van der Waals surface area contributed by atoms with Crippen molar-refractivity contribution in [3.05, 3.63) is 0 Å². The van der Waals surface area contributed by atoms with E-state index in [0.717, 1.165) is 0 Å². The summed E-state index contributed by atoms with van der Waals surface area (Å²) in [5.41, 5.74) is -0.682. The number of halogens is 1. The summed E-state index contributed by atoms with van der Waals surface area (Å²) in [4.78, 5) is 36.8. The van der Waals surface area contributed by atoms with Crippen molar-refractivity contribution < 1.29 is 28.6 Å². The van der Waals surface area contributed by atoms with Crippen molar-refractivity contribution >= 4 is 29.6 Å². The summed E-state index contributed by atoms with van der Waals surface area (Å²) in [5.74, 6) is -1.18. The van der Waals surface area contributed by atoms with Crippen LogP contribution in [0, 0.1) is 5.92 Å². The Morgan fingerprint density at radius 1 is 1.27 bits per heavy atom. The number of hydrogen-bond acceptors (Lipinski definition) is 6. The molecule has 1 aliphatic heterocycles. The Labute approximate surface area is 134 Å². The third-order valence-corrected chi connectivity index (χ3v) is 3.28. The maximum absolute atomic E-state index is 12.2. The largest absolute Gasteiger partial charge is 0.469 e. The molecule has 1 saturated heterocycles. The van der Waals surface area contributed by atoms with E-state index < -0.39 is 23.7 Å². The number of likely N-dealkylation sites (tertiary alicyclic amines) is 1. The summed E-state index contributed by atoms with van der Waals surface area (Å²) in [6.07, 6.45) is -0.179. The summed E-state index contributed by atoms with van der Waals surface area (Å²) < 4.78 is 14.7. The summed E-state index contributed by atoms with van der Waals surface area (Å²) in [6, 6.07) is -1.10. The van der Waals surface area contributed by atoms with Crippen LogP contribution in [0.5, 0.6) is 0 Å². The Balaban J connectivity index is 2.82. The van der Waals surface area contributed by atoms with Gasteiger partial charge >= 0.3 is 18.0 Å². The molecule has 0 aromatic heterocycles. The van der Waals surface area contributed by atoms with Crippen LogP contribution in [0.15, 0.2) is 0 Å². The first kappa shape index (κ1) is 18.5. The molecule has 0 bridgehead atoms. The van der Waals surface area contributed by atoms with Crippen LogP contribution >= 0.6 is 11.6 Å². The van der Waals surface area contributed by atoms with Crippen LogP contribution in [-0.4, -0.2) is 54.3 Å². The SMILES string of the molecule is COC(=O)C[C@H]1C[C@@H](C(=O)OCCl)N(C(=O)OC(C)(C)C)C1. The van der Waals surface area contributed by atoms with E-state index in [1.54, 1.807) is 20.8 Å². The molecule has 0 radical (unpaired) electrons. The number of hydrogen-bond donors (Lipinski definition) is 0. The topological polar surface area (TPSA) is 82.1 Å². The van der Waals surface area contributed by atoms with Gasteiger partial charge in [0.05, 0.1) is 13.5 Å². The van der Waals surface area contributed by atoms with Gasteiger partial charge in [-0.05, 0) is 33.1 Å². The predicted octanol–water partition coefficient (Wildman–Crippen LogP) is 1.91. The lowest BCUT2D eigenvalue weighted by Gasteiger charge is -2.27. The Hall–Kier alpha value is -1.50. The average molecular weight is 336 g/mol. The van der Waals surface area contributed by atoms with Crippen molar-refractivity contribution in [3.63, 3.8) is 0 Å². The molecule has 0 N–H and O–H groups in total. The number of methoxy groups -OCH3 is 1. The van der Waals surface area contributed by atoms with Gasteiger partial charge in [-0.3, -0.25) is 9.69 Å². The number of amides is 1. The van der Waals surface area contributed by atoms with Gasteiger partial charge < -0.3 is 14.2 Å². The first-order chi connectivity index (χ1) is 10.2. The van der Waals surface area contributed by atoms with E-state index in [1.807, 2.05) is 0 Å². The maximum Gasteiger partial charge on any atom is 0.411 e. The highest BCUT2D eigenvalue weighted by Crippen LogP contribution is 2.28. The quantitative estimate of drug-likeness (QED) is 0.443. The number of nitrogens with zero attached hydrogens (tertiary/aromatic N) is 1. The zero-order valence-corrected chi connectivity index (χ0v) is 14.0. The van der Waals surface area contributed by atoms with E-state index in [-0.39, 0.29) is 30.9 Å². The van der Waals surface area contributed by atoms with Gasteiger partial charge in [0.25, 0.3) is 0 Å². The molecule has 0 unspecified atom stereocenters. The number of rotatable bonds is 4. The Morgan fingerprint density at radius 3 is 2.41 bits per heavy atom. The van der Waals surface area contributed by atoms with E-state index in [9.17, 15) is 14.4 Å². The number of esters is 2. The molecule has 0 aromatic carbocycles. The van der Waals surface area contributed by atoms with Crippen LogP contribution in [0.25, 0.3) is 0 Å². The Kier molecular flexibility index (Phi) is 6.47. The minimum Gasteiger partial charge on any atom is -0.469 e. The average Bonchev–Trinajstić information content (AvgIpc) is 2.81. The lowest BCUT2D eigenvalue weighted by Crippen LogP contribution is -2.44. The fraction of sp³-hybridized carbons (Fsp3) is 0.786. The second-order valence-electron chi connectivity index (χ2n) is 6.10. The highest BCUT2D eigenvalue weighted by molar-refractivity contribution is 6.17. The third-order valence-electron chi connectivity index (χ3n) is 3.17. The Morgan fingerprint density at radius 2 is 1.91 bits per heavy atom. The third kappa shape index (κ3) is 5.36. The zero-order chi connectivity index (χ0) is 16.9. The minimum atomic E-state index is -0.803. The summed E-state index contributed by atoms with van der Waals surface area (Å²) >= 11 is 5.40. The minimum absolute atomic E-state index is 0.125. The molecule has 0 saturated carbocycles. The molecule has 1 fully saturated rings. The van der Waals surface area contributed by atoms with Gasteiger partial charge in [-0.1, -0.05) is 11.6 Å². The van der Waals surface area contributed by atoms with Crippen molar-refractivity contribution in [1.29, 1.82) is 0 Å². The first-order valence-corrected chi connectivity index (χ1v) is 7.50. The molecule has 0 aliphatic carbocycles. The van der Waals surface area contributed by atoms with Crippen LogP contribution in [0.4, 0.5) is 4.79 Å². The first-order valence-electron chi connectivity index (χ1n) is 6.97. The molecule has 8 heteroatoms. The summed E-state index contributed by atoms with van der Waals surface area (Å²) in [6.45, 7) is 5.43. The summed E-state index contributed by atoms with van der Waals surface area (Å²) in [7, 11) is 1.29. The van der Waals surface area contributed by atoms with Gasteiger partial charge in [0.15, 0.2) is 6.07 Å². The molecule has 7 nitrogen and oxygen atoms in total. The lowest BCUT2D eigenvalue weighted by molar-refractivity contribution is -0.147. The molecular formula is C14H22ClNO6. The van der Waals surface area contributed by atoms with Crippen molar-refractivity contribution in [3.8, 4) is 0 Å². The van der Waals surface area contributed by atoms with Gasteiger partial charge in [0.2, 0.25) is 0 Å². The van der Waals surface area contributed by atoms with Crippen LogP contribution < -0.4 is 0 Å². The standard InChI is InChI=1S/C14H22ClNO6/c1-14(2,3)22-13(19)16-7-9(6-11(17)20-4)5-10(16)12(18)21-8-15/h9-10H,5-8H2,1-4H3/t9-,10+/m1/s1. The van der Waals surface area contributed by atoms with E-state index >= 15 is 0 Å². The smallest absolute Gasteiger partial charge is 0.411 e. The highest BCUT2D eigenvalue weighted by atomic mass is 35.5. The predicted molar refractivity (Wildman–Crippen MR) is 78.3 cm³/mol. The van der Waals surface area contributed by atoms with Crippen molar-refractivity contribution in [2.24, 2.45) is 5.92 Å². The van der Waals surface area contributed by atoms with E-state index in [4.69, 9.17) is 21.1 Å². The molecule has 0 spiro atoms. The van der Waals surface area contributed by atoms with Crippen LogP contribution in [0.1, 0.15) is 33.6 Å². The molecular weight excluding hydrogens is 314 g/mol. The van der Waals surface area contributed by atoms with Crippen LogP contribution in [0.3, 0.4) is 0 Å². The normalized spacial score (nSPS) is 21.4. The number of alkyl halides is 1. The van der Waals surface area contributed by atoms with E-state index in [2.05, 4.69) is 4.74 Å². The van der Waals surface area contributed by atoms with Crippen molar-refractivity contribution in [1.82, 2.24) is 4.90 Å². The fourth-order valence-corrected chi connectivity index (χ4v) is 2.39. The van der Waals surface area contributed by atoms with Crippen LogP contribution in [0.2, 0.25) is 0 Å². The number of carbonyl (C=O) groups excluding carboxylic acids is 3. The maximum atomic E-state index is 12.2. The van der Waals surface area contributed by atoms with E-state index in [1.165, 1.54) is 12.0 Å². The van der Waals surface area contributed by atoms with Gasteiger partial charge in [-0.15, -0.1) is 0 Å². The van der Waals surface area contributed by atoms with Crippen LogP contribution in [-0.2, 0) is 23.8 Å². The molecule has 126 valence electrons. The van der Waals surface area contributed by atoms with E-state index in [0.29, 0.717) is 6.42 Å². The highest BCUT2D eigenvalue weighted by Gasteiger charge is 2.43. The molecule has 1 rings (SSSR count). The monoisotopic (exact) mass is 335 g/mol.